The molecule has 1 aromatic carbocycles. The van der Waals surface area contributed by atoms with Crippen LogP contribution in [0.4, 0.5) is 5.69 Å². The number of nitrogens with one attached hydrogen (secondary N) is 1. The lowest BCUT2D eigenvalue weighted by molar-refractivity contribution is -0.00461. The minimum absolute atomic E-state index is 0.141. The van der Waals surface area contributed by atoms with Crippen LogP contribution in [-0.4, -0.2) is 46.1 Å². The van der Waals surface area contributed by atoms with Crippen LogP contribution >= 0.6 is 0 Å². The highest BCUT2D eigenvalue weighted by Crippen LogP contribution is 2.31. The van der Waals surface area contributed by atoms with Crippen LogP contribution in [0.15, 0.2) is 24.3 Å². The van der Waals surface area contributed by atoms with Crippen LogP contribution in [0.1, 0.15) is 31.9 Å². The third-order valence-corrected chi connectivity index (χ3v) is 4.33. The van der Waals surface area contributed by atoms with Crippen LogP contribution in [0.2, 0.25) is 0 Å². The summed E-state index contributed by atoms with van der Waals surface area (Å²) >= 11 is 0. The molecule has 3 atom stereocenters. The first-order valence-electron chi connectivity index (χ1n) is 7.87. The van der Waals surface area contributed by atoms with Gasteiger partial charge in [0.05, 0.1) is 0 Å². The number of para-hydroxylation sites is 1. The molecule has 1 heterocycles. The van der Waals surface area contributed by atoms with E-state index in [-0.39, 0.29) is 12.2 Å². The average molecular weight is 292 g/mol. The van der Waals surface area contributed by atoms with Gasteiger partial charge < -0.3 is 19.7 Å². The van der Waals surface area contributed by atoms with Gasteiger partial charge in [0.15, 0.2) is 0 Å². The van der Waals surface area contributed by atoms with Gasteiger partial charge in [-0.25, -0.2) is 0 Å². The van der Waals surface area contributed by atoms with Crippen LogP contribution in [0.5, 0.6) is 0 Å². The Kier molecular flexibility index (Phi) is 6.03. The van der Waals surface area contributed by atoms with E-state index in [1.54, 1.807) is 14.2 Å². The minimum Gasteiger partial charge on any atom is -0.377 e. The second-order valence-corrected chi connectivity index (χ2v) is 5.53. The van der Waals surface area contributed by atoms with Crippen LogP contribution < -0.4 is 10.2 Å². The van der Waals surface area contributed by atoms with E-state index in [9.17, 15) is 0 Å². The summed E-state index contributed by atoms with van der Waals surface area (Å²) in [5.74, 6) is 0. The zero-order valence-corrected chi connectivity index (χ0v) is 13.6. The Morgan fingerprint density at radius 3 is 2.29 bits per heavy atom. The molecular weight excluding hydrogens is 264 g/mol. The summed E-state index contributed by atoms with van der Waals surface area (Å²) < 4.78 is 11.1. The number of methoxy groups -OCH3 is 2. The Morgan fingerprint density at radius 2 is 1.76 bits per heavy atom. The molecule has 0 spiro atoms. The lowest BCUT2D eigenvalue weighted by Gasteiger charge is -2.26. The van der Waals surface area contributed by atoms with Crippen molar-refractivity contribution in [2.75, 3.05) is 38.8 Å². The standard InChI is InChI=1S/C17H28N2O2/c1-5-14(18-6-2)13-9-7-8-10-15(13)19-11-16(20-3)17(12-19)21-4/h7-10,14,16-18H,5-6,11-12H2,1-4H3. The summed E-state index contributed by atoms with van der Waals surface area (Å²) in [6, 6.07) is 9.07. The van der Waals surface area contributed by atoms with E-state index in [0.29, 0.717) is 6.04 Å². The second kappa shape index (κ2) is 7.78. The molecule has 0 saturated carbocycles. The van der Waals surface area contributed by atoms with Gasteiger partial charge in [0, 0.05) is 39.0 Å². The van der Waals surface area contributed by atoms with E-state index in [1.165, 1.54) is 11.3 Å². The van der Waals surface area contributed by atoms with E-state index in [4.69, 9.17) is 9.47 Å². The van der Waals surface area contributed by atoms with Crippen molar-refractivity contribution < 1.29 is 9.47 Å². The monoisotopic (exact) mass is 292 g/mol. The fourth-order valence-electron chi connectivity index (χ4n) is 3.18. The molecule has 4 heteroatoms. The fourth-order valence-corrected chi connectivity index (χ4v) is 3.18. The maximum atomic E-state index is 5.56. The average Bonchev–Trinajstić information content (AvgIpc) is 2.96. The van der Waals surface area contributed by atoms with E-state index in [0.717, 1.165) is 26.1 Å². The second-order valence-electron chi connectivity index (χ2n) is 5.53. The van der Waals surface area contributed by atoms with Crippen LogP contribution in [0.3, 0.4) is 0 Å². The molecule has 1 aromatic rings. The molecule has 0 aromatic heterocycles. The lowest BCUT2D eigenvalue weighted by Crippen LogP contribution is -2.27. The quantitative estimate of drug-likeness (QED) is 0.837. The van der Waals surface area contributed by atoms with Crippen molar-refractivity contribution in [1.82, 2.24) is 5.32 Å². The lowest BCUT2D eigenvalue weighted by atomic mass is 10.0. The van der Waals surface area contributed by atoms with Gasteiger partial charge in [-0.15, -0.1) is 0 Å². The number of nitrogens with zero attached hydrogens (tertiary/aromatic N) is 1. The molecular formula is C17H28N2O2. The SMILES string of the molecule is CCNC(CC)c1ccccc1N1CC(OC)C(OC)C1. The van der Waals surface area contributed by atoms with Crippen molar-refractivity contribution in [3.8, 4) is 0 Å². The van der Waals surface area contributed by atoms with Crippen molar-refractivity contribution in [3.05, 3.63) is 29.8 Å². The summed E-state index contributed by atoms with van der Waals surface area (Å²) in [7, 11) is 3.53. The third kappa shape index (κ3) is 3.57. The summed E-state index contributed by atoms with van der Waals surface area (Å²) in [5.41, 5.74) is 2.67. The molecule has 21 heavy (non-hydrogen) atoms. The van der Waals surface area contributed by atoms with E-state index < -0.39 is 0 Å². The molecule has 0 radical (unpaired) electrons. The third-order valence-electron chi connectivity index (χ3n) is 4.33. The van der Waals surface area contributed by atoms with Crippen molar-refractivity contribution in [2.24, 2.45) is 0 Å². The van der Waals surface area contributed by atoms with Gasteiger partial charge >= 0.3 is 0 Å². The molecule has 1 N–H and O–H groups in total. The van der Waals surface area contributed by atoms with Gasteiger partial charge in [0.25, 0.3) is 0 Å². The molecule has 1 aliphatic heterocycles. The van der Waals surface area contributed by atoms with Crippen molar-refractivity contribution in [1.29, 1.82) is 0 Å². The Labute approximate surface area is 128 Å². The van der Waals surface area contributed by atoms with E-state index in [2.05, 4.69) is 48.3 Å². The Hall–Kier alpha value is -1.10. The molecule has 0 bridgehead atoms. The van der Waals surface area contributed by atoms with Gasteiger partial charge in [-0.05, 0) is 24.6 Å². The Morgan fingerprint density at radius 1 is 1.14 bits per heavy atom. The highest BCUT2D eigenvalue weighted by molar-refractivity contribution is 5.56. The first-order chi connectivity index (χ1) is 10.2. The largest absolute Gasteiger partial charge is 0.377 e. The normalized spacial score (nSPS) is 23.5. The highest BCUT2D eigenvalue weighted by Gasteiger charge is 2.34. The van der Waals surface area contributed by atoms with Crippen molar-refractivity contribution in [3.63, 3.8) is 0 Å². The van der Waals surface area contributed by atoms with E-state index in [1.807, 2.05) is 0 Å². The van der Waals surface area contributed by atoms with Gasteiger partial charge in [0.2, 0.25) is 0 Å². The first kappa shape index (κ1) is 16.3. The summed E-state index contributed by atoms with van der Waals surface area (Å²) in [5, 5.41) is 3.57. The highest BCUT2D eigenvalue weighted by atomic mass is 16.5. The van der Waals surface area contributed by atoms with Gasteiger partial charge in [0.1, 0.15) is 12.2 Å². The zero-order valence-electron chi connectivity index (χ0n) is 13.6. The van der Waals surface area contributed by atoms with Crippen LogP contribution in [0, 0.1) is 0 Å². The molecule has 1 saturated heterocycles. The number of anilines is 1. The topological polar surface area (TPSA) is 33.7 Å². The maximum absolute atomic E-state index is 5.56. The molecule has 2 rings (SSSR count). The Bertz CT molecular complexity index is 427. The first-order valence-corrected chi connectivity index (χ1v) is 7.87. The predicted octanol–water partition coefficient (Wildman–Crippen LogP) is 2.60. The maximum Gasteiger partial charge on any atom is 0.102 e. The molecule has 1 aliphatic rings. The van der Waals surface area contributed by atoms with Crippen molar-refractivity contribution in [2.45, 2.75) is 38.5 Å². The smallest absolute Gasteiger partial charge is 0.102 e. The minimum atomic E-state index is 0.141. The van der Waals surface area contributed by atoms with Gasteiger partial charge in [-0.1, -0.05) is 32.0 Å². The molecule has 3 unspecified atom stereocenters. The summed E-state index contributed by atoms with van der Waals surface area (Å²) in [6.45, 7) is 7.13. The van der Waals surface area contributed by atoms with Gasteiger partial charge in [-0.3, -0.25) is 0 Å². The summed E-state index contributed by atoms with van der Waals surface area (Å²) in [6.07, 6.45) is 1.37. The predicted molar refractivity (Wildman–Crippen MR) is 87.0 cm³/mol. The molecule has 118 valence electrons. The number of hydrogen-bond acceptors (Lipinski definition) is 4. The number of ether oxygens (including phenoxy) is 2. The number of benzene rings is 1. The van der Waals surface area contributed by atoms with Crippen LogP contribution in [0.25, 0.3) is 0 Å². The Balaban J connectivity index is 2.24. The fraction of sp³-hybridized carbons (Fsp3) is 0.647. The van der Waals surface area contributed by atoms with E-state index >= 15 is 0 Å². The zero-order chi connectivity index (χ0) is 15.2. The van der Waals surface area contributed by atoms with Crippen molar-refractivity contribution >= 4 is 5.69 Å². The molecule has 0 amide bonds. The summed E-state index contributed by atoms with van der Waals surface area (Å²) in [4.78, 5) is 2.39. The molecule has 0 aliphatic carbocycles. The van der Waals surface area contributed by atoms with Gasteiger partial charge in [-0.2, -0.15) is 0 Å². The number of rotatable bonds is 7. The van der Waals surface area contributed by atoms with Crippen LogP contribution in [-0.2, 0) is 9.47 Å². The number of hydrogen-bond donors (Lipinski definition) is 1. The molecule has 4 nitrogen and oxygen atoms in total. The molecule has 1 fully saturated rings.